The molecule has 0 aromatic heterocycles. The first kappa shape index (κ1) is 52.1. The fourth-order valence-corrected chi connectivity index (χ4v) is 7.95. The number of phenols is 1. The molecule has 0 unspecified atom stereocenters. The van der Waals surface area contributed by atoms with Crippen LogP contribution < -0.4 is 32.3 Å². The summed E-state index contributed by atoms with van der Waals surface area (Å²) in [5.74, 6) is -8.50. The number of amides is 8. The molecule has 0 saturated carbocycles. The number of nitrogens with zero attached hydrogens (tertiary/aromatic N) is 2. The number of nitrogens with two attached hydrogens (primary N) is 1. The van der Waals surface area contributed by atoms with E-state index in [4.69, 9.17) is 10.5 Å². The number of carbonyl (C=O) groups is 9. The molecule has 2 aromatic carbocycles. The van der Waals surface area contributed by atoms with Gasteiger partial charge in [-0.15, -0.1) is 0 Å². The lowest BCUT2D eigenvalue weighted by atomic mass is 9.95. The van der Waals surface area contributed by atoms with Crippen LogP contribution in [0.25, 0.3) is 0 Å². The summed E-state index contributed by atoms with van der Waals surface area (Å²) >= 11 is 0. The van der Waals surface area contributed by atoms with Gasteiger partial charge in [0.05, 0.1) is 0 Å². The predicted molar refractivity (Wildman–Crippen MR) is 238 cm³/mol. The van der Waals surface area contributed by atoms with E-state index in [2.05, 4.69) is 26.6 Å². The van der Waals surface area contributed by atoms with Gasteiger partial charge in [0.2, 0.25) is 47.3 Å². The van der Waals surface area contributed by atoms with Crippen molar-refractivity contribution in [3.05, 3.63) is 65.7 Å². The standard InChI is InChI=1S/C46H64N8O12/c1-24(2)21-33-41(60)49-32-18-20-37(58)54(44(32)63)35(23-28-11-9-8-10-12-28)45(64)53(7)34(22-29-13-15-30(56)16-14-29)42(61)51-38(25(3)4)46(65)66-26(5)39(43(62)50-33)52-40(59)31(48-27(6)55)17-19-36(47)57/h8-16,24-26,31-35,37-39,56,58H,17-23H2,1-7H3,(H2,47,57)(H,48,55)(H,49,60)(H,50,62)(H,51,61)(H,52,59)/t26-,31-,32-,33-,34-,35+,37+,38-,39-/m0/s1. The van der Waals surface area contributed by atoms with E-state index in [9.17, 15) is 53.4 Å². The van der Waals surface area contributed by atoms with Crippen molar-refractivity contribution in [2.45, 2.75) is 141 Å². The molecule has 2 fully saturated rings. The second-order valence-corrected chi connectivity index (χ2v) is 17.7. The topological polar surface area (TPSA) is 296 Å². The van der Waals surface area contributed by atoms with Crippen molar-refractivity contribution in [1.29, 1.82) is 0 Å². The maximum absolute atomic E-state index is 15.0. The largest absolute Gasteiger partial charge is 0.508 e. The van der Waals surface area contributed by atoms with Gasteiger partial charge in [0.15, 0.2) is 0 Å². The molecule has 2 heterocycles. The highest BCUT2D eigenvalue weighted by atomic mass is 16.5. The molecule has 9 atom stereocenters. The highest BCUT2D eigenvalue weighted by Crippen LogP contribution is 2.26. The number of hydrogen-bond acceptors (Lipinski definition) is 12. The molecule has 8 amide bonds. The molecule has 2 bridgehead atoms. The van der Waals surface area contributed by atoms with Crippen molar-refractivity contribution >= 4 is 53.2 Å². The molecule has 2 aliphatic rings. The Morgan fingerprint density at radius 2 is 1.45 bits per heavy atom. The number of phenolic OH excluding ortho intramolecular Hbond substituents is 1. The zero-order chi connectivity index (χ0) is 49.0. The van der Waals surface area contributed by atoms with E-state index in [0.29, 0.717) is 11.1 Å². The highest BCUT2D eigenvalue weighted by molar-refractivity contribution is 5.98. The third-order valence-electron chi connectivity index (χ3n) is 11.6. The molecule has 2 saturated heterocycles. The Kier molecular flexibility index (Phi) is 18.6. The summed E-state index contributed by atoms with van der Waals surface area (Å²) in [6.45, 7) is 9.23. The Morgan fingerprint density at radius 1 is 0.833 bits per heavy atom. The number of ether oxygens (including phenoxy) is 1. The number of primary amides is 1. The minimum absolute atomic E-state index is 0.0244. The van der Waals surface area contributed by atoms with Crippen LogP contribution in [0.5, 0.6) is 5.75 Å². The summed E-state index contributed by atoms with van der Waals surface area (Å²) in [5.41, 5.74) is 6.44. The van der Waals surface area contributed by atoms with E-state index in [1.807, 2.05) is 0 Å². The maximum Gasteiger partial charge on any atom is 0.329 e. The van der Waals surface area contributed by atoms with Crippen LogP contribution in [0.15, 0.2) is 54.6 Å². The number of cyclic esters (lactones) is 1. The number of carbonyl (C=O) groups excluding carboxylic acids is 9. The third kappa shape index (κ3) is 14.2. The van der Waals surface area contributed by atoms with E-state index in [1.54, 1.807) is 70.2 Å². The first-order valence-corrected chi connectivity index (χ1v) is 22.1. The molecule has 9 N–H and O–H groups in total. The summed E-state index contributed by atoms with van der Waals surface area (Å²) in [5, 5.41) is 34.5. The monoisotopic (exact) mass is 920 g/mol. The van der Waals surface area contributed by atoms with Gasteiger partial charge in [0, 0.05) is 33.2 Å². The van der Waals surface area contributed by atoms with Crippen LogP contribution in [0.3, 0.4) is 0 Å². The number of fused-ring (bicyclic) bond motifs is 2. The predicted octanol–water partition coefficient (Wildman–Crippen LogP) is -0.329. The Bertz CT molecular complexity index is 2080. The summed E-state index contributed by atoms with van der Waals surface area (Å²) in [6, 6.07) is 4.67. The first-order valence-electron chi connectivity index (χ1n) is 22.1. The van der Waals surface area contributed by atoms with E-state index < -0.39 is 114 Å². The van der Waals surface area contributed by atoms with Crippen LogP contribution in [0.1, 0.15) is 84.8 Å². The second kappa shape index (κ2) is 23.6. The van der Waals surface area contributed by atoms with Gasteiger partial charge in [-0.05, 0) is 67.7 Å². The molecule has 0 aliphatic carbocycles. The van der Waals surface area contributed by atoms with Crippen LogP contribution in [0.2, 0.25) is 0 Å². The Labute approximate surface area is 384 Å². The number of rotatable bonds is 13. The van der Waals surface area contributed by atoms with E-state index >= 15 is 0 Å². The third-order valence-corrected chi connectivity index (χ3v) is 11.6. The average molecular weight is 921 g/mol. The minimum Gasteiger partial charge on any atom is -0.508 e. The normalized spacial score (nSPS) is 25.4. The van der Waals surface area contributed by atoms with Gasteiger partial charge in [-0.1, -0.05) is 70.2 Å². The average Bonchev–Trinajstić information content (AvgIpc) is 3.25. The molecule has 0 radical (unpaired) electrons. The van der Waals surface area contributed by atoms with Crippen molar-refractivity contribution < 1.29 is 58.1 Å². The smallest absolute Gasteiger partial charge is 0.329 e. The number of benzene rings is 2. The van der Waals surface area contributed by atoms with Crippen molar-refractivity contribution in [2.75, 3.05) is 7.05 Å². The molecule has 20 nitrogen and oxygen atoms in total. The number of aliphatic hydroxyl groups excluding tert-OH is 1. The van der Waals surface area contributed by atoms with Crippen molar-refractivity contribution in [3.63, 3.8) is 0 Å². The number of hydrogen-bond donors (Lipinski definition) is 8. The van der Waals surface area contributed by atoms with Gasteiger partial charge in [0.25, 0.3) is 0 Å². The molecule has 2 aromatic rings. The summed E-state index contributed by atoms with van der Waals surface area (Å²) in [6.07, 6.45) is -3.91. The van der Waals surface area contributed by atoms with Gasteiger partial charge < -0.3 is 57.1 Å². The van der Waals surface area contributed by atoms with Gasteiger partial charge in [-0.25, -0.2) is 4.79 Å². The first-order chi connectivity index (χ1) is 31.1. The molecular formula is C46H64N8O12. The number of piperidine rings is 1. The van der Waals surface area contributed by atoms with E-state index in [-0.39, 0.29) is 56.6 Å². The maximum atomic E-state index is 15.0. The second-order valence-electron chi connectivity index (χ2n) is 17.7. The Balaban J connectivity index is 1.88. The van der Waals surface area contributed by atoms with Crippen LogP contribution >= 0.6 is 0 Å². The number of likely N-dealkylation sites (N-methyl/N-ethyl adjacent to an activating group) is 1. The van der Waals surface area contributed by atoms with Gasteiger partial charge in [0.1, 0.15) is 60.4 Å². The number of aliphatic hydroxyl groups is 1. The molecule has 360 valence electrons. The molecule has 0 spiro atoms. The number of aromatic hydroxyl groups is 1. The minimum atomic E-state index is -1.74. The van der Waals surface area contributed by atoms with Crippen molar-refractivity contribution in [1.82, 2.24) is 36.4 Å². The van der Waals surface area contributed by atoms with E-state index in [1.165, 1.54) is 26.1 Å². The van der Waals surface area contributed by atoms with Crippen molar-refractivity contribution in [3.8, 4) is 5.75 Å². The molecule has 66 heavy (non-hydrogen) atoms. The Hall–Kier alpha value is -6.57. The number of esters is 1. The lowest BCUT2D eigenvalue weighted by Gasteiger charge is -2.43. The van der Waals surface area contributed by atoms with Gasteiger partial charge in [-0.2, -0.15) is 0 Å². The summed E-state index contributed by atoms with van der Waals surface area (Å²) < 4.78 is 5.83. The van der Waals surface area contributed by atoms with Crippen LogP contribution in [-0.4, -0.2) is 135 Å². The quantitative estimate of drug-likeness (QED) is 0.120. The fourth-order valence-electron chi connectivity index (χ4n) is 7.95. The van der Waals surface area contributed by atoms with Crippen molar-refractivity contribution in [2.24, 2.45) is 17.6 Å². The van der Waals surface area contributed by atoms with Crippen LogP contribution in [-0.2, 0) is 60.7 Å². The van der Waals surface area contributed by atoms with Crippen LogP contribution in [0, 0.1) is 11.8 Å². The highest BCUT2D eigenvalue weighted by Gasteiger charge is 2.46. The van der Waals surface area contributed by atoms with Gasteiger partial charge >= 0.3 is 5.97 Å². The summed E-state index contributed by atoms with van der Waals surface area (Å²) in [7, 11) is 1.36. The van der Waals surface area contributed by atoms with Crippen LogP contribution in [0.4, 0.5) is 0 Å². The Morgan fingerprint density at radius 3 is 2.05 bits per heavy atom. The molecule has 2 aliphatic heterocycles. The lowest BCUT2D eigenvalue weighted by molar-refractivity contribution is -0.165. The lowest BCUT2D eigenvalue weighted by Crippen LogP contribution is -2.65. The molecular weight excluding hydrogens is 857 g/mol. The summed E-state index contributed by atoms with van der Waals surface area (Å²) in [4.78, 5) is 127. The van der Waals surface area contributed by atoms with E-state index in [0.717, 1.165) is 16.7 Å². The van der Waals surface area contributed by atoms with Gasteiger partial charge in [-0.3, -0.25) is 38.4 Å². The SMILES string of the molecule is CC(=O)N[C@@H](CCC(N)=O)C(=O)N[C@@H]1C(=O)N[C@@H](CC(C)C)C(=O)N[C@H]2CC[C@@H](O)N(C2=O)[C@H](Cc2ccccc2)C(=O)N(C)[C@@H](Cc2ccc(O)cc2)C(=O)N[C@@H](C(C)C)C(=O)O[C@H]1C. The molecule has 20 heteroatoms. The number of nitrogens with one attached hydrogen (secondary N) is 5. The fraction of sp³-hybridized carbons (Fsp3) is 0.543. The zero-order valence-electron chi connectivity index (χ0n) is 38.4. The zero-order valence-corrected chi connectivity index (χ0v) is 38.4. The molecule has 4 rings (SSSR count).